The molecule has 0 aliphatic carbocycles. The molecule has 0 spiro atoms. The Bertz CT molecular complexity index is 362. The van der Waals surface area contributed by atoms with Gasteiger partial charge in [-0.15, -0.1) is 0 Å². The molecule has 0 rings (SSSR count). The second-order valence-electron chi connectivity index (χ2n) is 6.26. The summed E-state index contributed by atoms with van der Waals surface area (Å²) in [5.41, 5.74) is -0.531. The van der Waals surface area contributed by atoms with Crippen LogP contribution in [0, 0.1) is 16.0 Å². The quantitative estimate of drug-likeness (QED) is 0.363. The molecule has 1 atom stereocenters. The molecule has 0 aromatic rings. The summed E-state index contributed by atoms with van der Waals surface area (Å²) in [6.45, 7) is 5.50. The van der Waals surface area contributed by atoms with Gasteiger partial charge in [0.25, 0.3) is 0 Å². The molecular formula is C14H26N2O6. The first-order valence-corrected chi connectivity index (χ1v) is 7.40. The lowest BCUT2D eigenvalue weighted by atomic mass is 9.98. The Morgan fingerprint density at radius 3 is 2.41 bits per heavy atom. The van der Waals surface area contributed by atoms with Crippen LogP contribution in [-0.4, -0.2) is 40.8 Å². The van der Waals surface area contributed by atoms with Gasteiger partial charge in [-0.3, -0.25) is 14.9 Å². The summed E-state index contributed by atoms with van der Waals surface area (Å²) in [6.07, 6.45) is 2.03. The van der Waals surface area contributed by atoms with E-state index in [9.17, 15) is 19.7 Å². The Labute approximate surface area is 130 Å². The van der Waals surface area contributed by atoms with Gasteiger partial charge in [-0.2, -0.15) is 0 Å². The van der Waals surface area contributed by atoms with Gasteiger partial charge in [0.2, 0.25) is 6.54 Å². The Balaban J connectivity index is 3.79. The van der Waals surface area contributed by atoms with Crippen LogP contribution in [-0.2, 0) is 9.53 Å². The highest BCUT2D eigenvalue weighted by Crippen LogP contribution is 2.14. The van der Waals surface area contributed by atoms with E-state index in [-0.39, 0.29) is 13.0 Å². The van der Waals surface area contributed by atoms with Gasteiger partial charge in [0.1, 0.15) is 5.60 Å². The molecule has 1 amide bonds. The van der Waals surface area contributed by atoms with Crippen LogP contribution in [0.4, 0.5) is 4.79 Å². The maximum Gasteiger partial charge on any atom is 0.407 e. The number of amides is 1. The molecule has 8 nitrogen and oxygen atoms in total. The van der Waals surface area contributed by atoms with Crippen molar-refractivity contribution in [1.29, 1.82) is 0 Å². The van der Waals surface area contributed by atoms with Crippen LogP contribution in [0.3, 0.4) is 0 Å². The molecule has 0 saturated heterocycles. The van der Waals surface area contributed by atoms with E-state index in [0.717, 1.165) is 12.8 Å². The predicted octanol–water partition coefficient (Wildman–Crippen LogP) is 2.44. The molecule has 0 radical (unpaired) electrons. The first kappa shape index (κ1) is 20.1. The van der Waals surface area contributed by atoms with Gasteiger partial charge < -0.3 is 15.2 Å². The average Bonchev–Trinajstić information content (AvgIpc) is 2.29. The highest BCUT2D eigenvalue weighted by atomic mass is 16.6. The van der Waals surface area contributed by atoms with Crippen LogP contribution >= 0.6 is 0 Å². The smallest absolute Gasteiger partial charge is 0.407 e. The number of nitrogens with zero attached hydrogens (tertiary/aromatic N) is 1. The van der Waals surface area contributed by atoms with Crippen molar-refractivity contribution in [3.63, 3.8) is 0 Å². The van der Waals surface area contributed by atoms with Crippen molar-refractivity contribution >= 4 is 12.1 Å². The molecule has 0 saturated carbocycles. The minimum atomic E-state index is -1.02. The lowest BCUT2D eigenvalue weighted by molar-refractivity contribution is -0.488. The second kappa shape index (κ2) is 9.97. The molecule has 1 unspecified atom stereocenters. The van der Waals surface area contributed by atoms with Gasteiger partial charge in [-0.1, -0.05) is 12.8 Å². The summed E-state index contributed by atoms with van der Waals surface area (Å²) in [5, 5.41) is 21.8. The monoisotopic (exact) mass is 318 g/mol. The van der Waals surface area contributed by atoms with Crippen LogP contribution in [0.5, 0.6) is 0 Å². The predicted molar refractivity (Wildman–Crippen MR) is 80.3 cm³/mol. The summed E-state index contributed by atoms with van der Waals surface area (Å²) < 4.78 is 5.08. The summed E-state index contributed by atoms with van der Waals surface area (Å²) in [7, 11) is 0. The van der Waals surface area contributed by atoms with Crippen molar-refractivity contribution in [1.82, 2.24) is 5.32 Å². The average molecular weight is 318 g/mol. The largest absolute Gasteiger partial charge is 0.481 e. The van der Waals surface area contributed by atoms with E-state index >= 15 is 0 Å². The first-order valence-electron chi connectivity index (χ1n) is 7.40. The number of nitro groups is 1. The molecule has 0 aromatic heterocycles. The lowest BCUT2D eigenvalue weighted by Gasteiger charge is -2.19. The van der Waals surface area contributed by atoms with Gasteiger partial charge in [0.05, 0.1) is 6.42 Å². The van der Waals surface area contributed by atoms with Crippen molar-refractivity contribution < 1.29 is 24.4 Å². The number of carbonyl (C=O) groups is 2. The topological polar surface area (TPSA) is 119 Å². The van der Waals surface area contributed by atoms with Gasteiger partial charge in [0.15, 0.2) is 0 Å². The van der Waals surface area contributed by atoms with E-state index in [1.807, 2.05) is 0 Å². The number of ether oxygens (including phenoxy) is 1. The Morgan fingerprint density at radius 1 is 1.27 bits per heavy atom. The van der Waals surface area contributed by atoms with Crippen LogP contribution in [0.2, 0.25) is 0 Å². The summed E-state index contributed by atoms with van der Waals surface area (Å²) in [6, 6.07) is 0. The zero-order valence-corrected chi connectivity index (χ0v) is 13.5. The number of carboxylic acid groups (broad SMARTS) is 1. The van der Waals surface area contributed by atoms with Gasteiger partial charge in [0, 0.05) is 17.4 Å². The summed E-state index contributed by atoms with van der Waals surface area (Å²) >= 11 is 0. The normalized spacial score (nSPS) is 12.5. The zero-order chi connectivity index (χ0) is 17.2. The number of unbranched alkanes of at least 4 members (excludes halogenated alkanes) is 2. The van der Waals surface area contributed by atoms with E-state index in [1.54, 1.807) is 20.8 Å². The zero-order valence-electron chi connectivity index (χ0n) is 13.5. The van der Waals surface area contributed by atoms with E-state index in [4.69, 9.17) is 9.84 Å². The lowest BCUT2D eigenvalue weighted by Crippen LogP contribution is -2.33. The number of rotatable bonds is 10. The molecule has 0 aromatic carbocycles. The minimum absolute atomic E-state index is 0.183. The number of hydrogen-bond donors (Lipinski definition) is 2. The highest BCUT2D eigenvalue weighted by Gasteiger charge is 2.18. The molecule has 2 N–H and O–H groups in total. The fourth-order valence-electron chi connectivity index (χ4n) is 1.96. The van der Waals surface area contributed by atoms with Gasteiger partial charge in [-0.05, 0) is 33.6 Å². The number of carboxylic acids is 1. The Morgan fingerprint density at radius 2 is 1.91 bits per heavy atom. The van der Waals surface area contributed by atoms with Crippen LogP contribution < -0.4 is 5.32 Å². The molecule has 8 heteroatoms. The second-order valence-corrected chi connectivity index (χ2v) is 6.26. The standard InChI is InChI=1S/C14H26N2O6/c1-14(2,3)22-13(19)15-8-6-4-5-7-11(9-12(17)18)10-16(20)21/h11H,4-10H2,1-3H3,(H,15,19)(H,17,18). The molecule has 128 valence electrons. The summed E-state index contributed by atoms with van der Waals surface area (Å²) in [4.78, 5) is 32.0. The van der Waals surface area contributed by atoms with Crippen molar-refractivity contribution in [3.8, 4) is 0 Å². The van der Waals surface area contributed by atoms with Crippen LogP contribution in [0.25, 0.3) is 0 Å². The third-order valence-corrected chi connectivity index (χ3v) is 2.83. The van der Waals surface area contributed by atoms with Crippen molar-refractivity contribution in [2.24, 2.45) is 5.92 Å². The number of alkyl carbamates (subject to hydrolysis) is 1. The SMILES string of the molecule is CC(C)(C)OC(=O)NCCCCCC(CC(=O)O)C[N+](=O)[O-]. The molecule has 0 aliphatic rings. The Hall–Kier alpha value is -1.86. The van der Waals surface area contributed by atoms with E-state index < -0.39 is 28.5 Å². The van der Waals surface area contributed by atoms with Crippen LogP contribution in [0.1, 0.15) is 52.9 Å². The van der Waals surface area contributed by atoms with Gasteiger partial charge in [-0.25, -0.2) is 4.79 Å². The van der Waals surface area contributed by atoms with E-state index in [0.29, 0.717) is 19.4 Å². The molecule has 0 heterocycles. The number of carbonyl (C=O) groups excluding carboxylic acids is 1. The third kappa shape index (κ3) is 13.1. The molecule has 0 bridgehead atoms. The first-order chi connectivity index (χ1) is 10.1. The van der Waals surface area contributed by atoms with E-state index in [1.165, 1.54) is 0 Å². The molecule has 22 heavy (non-hydrogen) atoms. The van der Waals surface area contributed by atoms with Crippen molar-refractivity contribution in [2.75, 3.05) is 13.1 Å². The number of nitrogens with one attached hydrogen (secondary N) is 1. The fraction of sp³-hybridized carbons (Fsp3) is 0.857. The van der Waals surface area contributed by atoms with Crippen molar-refractivity contribution in [3.05, 3.63) is 10.1 Å². The van der Waals surface area contributed by atoms with Crippen molar-refractivity contribution in [2.45, 2.75) is 58.5 Å². The molecule has 0 aliphatic heterocycles. The maximum atomic E-state index is 11.4. The third-order valence-electron chi connectivity index (χ3n) is 2.83. The summed E-state index contributed by atoms with van der Waals surface area (Å²) in [5.74, 6) is -1.45. The highest BCUT2D eigenvalue weighted by molar-refractivity contribution is 5.67. The maximum absolute atomic E-state index is 11.4. The minimum Gasteiger partial charge on any atom is -0.481 e. The Kier molecular flexibility index (Phi) is 9.12. The fourth-order valence-corrected chi connectivity index (χ4v) is 1.96. The molecule has 0 fully saturated rings. The van der Waals surface area contributed by atoms with E-state index in [2.05, 4.69) is 5.32 Å². The van der Waals surface area contributed by atoms with Gasteiger partial charge >= 0.3 is 12.1 Å². The molecular weight excluding hydrogens is 292 g/mol. The van der Waals surface area contributed by atoms with Crippen LogP contribution in [0.15, 0.2) is 0 Å². The number of aliphatic carboxylic acids is 1. The number of hydrogen-bond acceptors (Lipinski definition) is 5.